The minimum absolute atomic E-state index is 0.463. The minimum atomic E-state index is -0.720. The molecule has 2 heterocycles. The molecule has 3 N–H and O–H groups in total. The second kappa shape index (κ2) is 4.27. The number of nitrogens with zero attached hydrogens (tertiary/aromatic N) is 3. The summed E-state index contributed by atoms with van der Waals surface area (Å²) in [6.07, 6.45) is 2.31. The Hall–Kier alpha value is -1.14. The van der Waals surface area contributed by atoms with Gasteiger partial charge < -0.3 is 10.8 Å². The summed E-state index contributed by atoms with van der Waals surface area (Å²) in [5.41, 5.74) is 5.86. The van der Waals surface area contributed by atoms with E-state index in [0.29, 0.717) is 18.8 Å². The molecular weight excluding hydrogens is 284 g/mol. The first-order chi connectivity index (χ1) is 7.87. The van der Waals surface area contributed by atoms with Crippen molar-refractivity contribution in [2.45, 2.75) is 32.4 Å². The Bertz CT molecular complexity index is 544. The molecule has 0 aliphatic carbocycles. The van der Waals surface area contributed by atoms with Gasteiger partial charge in [-0.2, -0.15) is 5.10 Å². The van der Waals surface area contributed by atoms with E-state index in [9.17, 15) is 5.11 Å². The molecule has 0 aliphatic rings. The van der Waals surface area contributed by atoms with Gasteiger partial charge in [0, 0.05) is 17.2 Å². The molecule has 6 heteroatoms. The van der Waals surface area contributed by atoms with Gasteiger partial charge in [-0.15, -0.1) is 0 Å². The molecule has 0 aliphatic heterocycles. The van der Waals surface area contributed by atoms with Crippen molar-refractivity contribution in [2.24, 2.45) is 0 Å². The van der Waals surface area contributed by atoms with Gasteiger partial charge >= 0.3 is 0 Å². The molecule has 0 spiro atoms. The molecule has 0 unspecified atom stereocenters. The van der Waals surface area contributed by atoms with E-state index in [2.05, 4.69) is 26.0 Å². The van der Waals surface area contributed by atoms with Crippen molar-refractivity contribution < 1.29 is 5.11 Å². The van der Waals surface area contributed by atoms with Crippen LogP contribution in [-0.4, -0.2) is 25.5 Å². The van der Waals surface area contributed by atoms with Gasteiger partial charge in [0.25, 0.3) is 0 Å². The zero-order valence-corrected chi connectivity index (χ0v) is 11.4. The highest BCUT2D eigenvalue weighted by molar-refractivity contribution is 9.10. The molecule has 92 valence electrons. The average molecular weight is 299 g/mol. The predicted molar refractivity (Wildman–Crippen MR) is 70.6 cm³/mol. The maximum absolute atomic E-state index is 9.70. The number of halogens is 1. The number of rotatable bonds is 3. The number of aliphatic hydroxyl groups is 1. The summed E-state index contributed by atoms with van der Waals surface area (Å²) in [4.78, 5) is 4.29. The van der Waals surface area contributed by atoms with E-state index in [0.717, 1.165) is 15.5 Å². The van der Waals surface area contributed by atoms with Gasteiger partial charge in [-0.05, 0) is 42.3 Å². The normalized spacial score (nSPS) is 12.2. The van der Waals surface area contributed by atoms with Crippen LogP contribution in [0.1, 0.15) is 20.3 Å². The largest absolute Gasteiger partial charge is 0.390 e. The SMILES string of the molecule is CC(C)(O)CCn1nc(N)c2cc(Br)cnc21. The van der Waals surface area contributed by atoms with Gasteiger partial charge in [-0.3, -0.25) is 0 Å². The highest BCUT2D eigenvalue weighted by atomic mass is 79.9. The molecule has 2 aromatic rings. The molecular formula is C11H15BrN4O. The Morgan fingerprint density at radius 1 is 1.53 bits per heavy atom. The fourth-order valence-corrected chi connectivity index (χ4v) is 1.92. The first kappa shape index (κ1) is 12.3. The van der Waals surface area contributed by atoms with E-state index in [1.807, 2.05) is 6.07 Å². The molecule has 0 radical (unpaired) electrons. The number of anilines is 1. The number of nitrogens with two attached hydrogens (primary N) is 1. The summed E-state index contributed by atoms with van der Waals surface area (Å²) in [5, 5.41) is 14.8. The maximum atomic E-state index is 9.70. The fourth-order valence-electron chi connectivity index (χ4n) is 1.59. The lowest BCUT2D eigenvalue weighted by Gasteiger charge is -2.16. The van der Waals surface area contributed by atoms with Crippen LogP contribution in [0.5, 0.6) is 0 Å². The Kier molecular flexibility index (Phi) is 3.09. The molecule has 0 atom stereocenters. The average Bonchev–Trinajstić information content (AvgIpc) is 2.52. The monoisotopic (exact) mass is 298 g/mol. The van der Waals surface area contributed by atoms with Gasteiger partial charge in [-0.25, -0.2) is 9.67 Å². The van der Waals surface area contributed by atoms with Gasteiger partial charge in [0.05, 0.1) is 11.0 Å². The molecule has 0 saturated heterocycles. The van der Waals surface area contributed by atoms with Gasteiger partial charge in [0.15, 0.2) is 11.5 Å². The molecule has 17 heavy (non-hydrogen) atoms. The van der Waals surface area contributed by atoms with Crippen molar-refractivity contribution in [1.29, 1.82) is 0 Å². The number of pyridine rings is 1. The predicted octanol–water partition coefficient (Wildman–Crippen LogP) is 1.94. The number of nitrogen functional groups attached to an aromatic ring is 1. The molecule has 2 rings (SSSR count). The van der Waals surface area contributed by atoms with Crippen LogP contribution in [-0.2, 0) is 6.54 Å². The zero-order chi connectivity index (χ0) is 12.6. The number of hydrogen-bond donors (Lipinski definition) is 2. The van der Waals surface area contributed by atoms with E-state index in [1.165, 1.54) is 0 Å². The molecule has 0 saturated carbocycles. The van der Waals surface area contributed by atoms with Gasteiger partial charge in [0.1, 0.15) is 0 Å². The Morgan fingerprint density at radius 2 is 2.24 bits per heavy atom. The lowest BCUT2D eigenvalue weighted by atomic mass is 10.1. The van der Waals surface area contributed by atoms with Gasteiger partial charge in [-0.1, -0.05) is 0 Å². The lowest BCUT2D eigenvalue weighted by molar-refractivity contribution is 0.0655. The highest BCUT2D eigenvalue weighted by Gasteiger charge is 2.15. The maximum Gasteiger partial charge on any atom is 0.160 e. The second-order valence-electron chi connectivity index (χ2n) is 4.70. The minimum Gasteiger partial charge on any atom is -0.390 e. The van der Waals surface area contributed by atoms with E-state index in [-0.39, 0.29) is 0 Å². The van der Waals surface area contributed by atoms with E-state index < -0.39 is 5.60 Å². The molecule has 0 aromatic carbocycles. The second-order valence-corrected chi connectivity index (χ2v) is 5.61. The third-order valence-corrected chi connectivity index (χ3v) is 2.95. The number of aromatic nitrogens is 3. The van der Waals surface area contributed by atoms with Crippen molar-refractivity contribution >= 4 is 32.8 Å². The number of hydrogen-bond acceptors (Lipinski definition) is 4. The third-order valence-electron chi connectivity index (χ3n) is 2.52. The summed E-state index contributed by atoms with van der Waals surface area (Å²) in [5.74, 6) is 0.463. The van der Waals surface area contributed by atoms with Crippen LogP contribution in [0.4, 0.5) is 5.82 Å². The number of aryl methyl sites for hydroxylation is 1. The van der Waals surface area contributed by atoms with Crippen LogP contribution >= 0.6 is 15.9 Å². The summed E-state index contributed by atoms with van der Waals surface area (Å²) in [6.45, 7) is 4.13. The topological polar surface area (TPSA) is 77.0 Å². The molecule has 2 aromatic heterocycles. The zero-order valence-electron chi connectivity index (χ0n) is 9.81. The smallest absolute Gasteiger partial charge is 0.160 e. The van der Waals surface area contributed by atoms with Crippen LogP contribution in [0.25, 0.3) is 11.0 Å². The van der Waals surface area contributed by atoms with Crippen LogP contribution in [0.15, 0.2) is 16.7 Å². The molecule has 5 nitrogen and oxygen atoms in total. The standard InChI is InChI=1S/C11H15BrN4O/c1-11(2,17)3-4-16-10-8(9(13)15-16)5-7(12)6-14-10/h5-6,17H,3-4H2,1-2H3,(H2,13,15). The fraction of sp³-hybridized carbons (Fsp3) is 0.455. The van der Waals surface area contributed by atoms with Crippen LogP contribution in [0.2, 0.25) is 0 Å². The first-order valence-corrected chi connectivity index (χ1v) is 6.16. The summed E-state index contributed by atoms with van der Waals surface area (Å²) in [7, 11) is 0. The third kappa shape index (κ3) is 2.76. The summed E-state index contributed by atoms with van der Waals surface area (Å²) in [6, 6.07) is 1.89. The van der Waals surface area contributed by atoms with Gasteiger partial charge in [0.2, 0.25) is 0 Å². The van der Waals surface area contributed by atoms with Crippen LogP contribution in [0.3, 0.4) is 0 Å². The summed E-state index contributed by atoms with van der Waals surface area (Å²) >= 11 is 3.35. The van der Waals surface area contributed by atoms with Crippen LogP contribution < -0.4 is 5.73 Å². The van der Waals surface area contributed by atoms with Crippen LogP contribution in [0, 0.1) is 0 Å². The molecule has 0 fully saturated rings. The van der Waals surface area contributed by atoms with Crippen molar-refractivity contribution in [3.05, 3.63) is 16.7 Å². The highest BCUT2D eigenvalue weighted by Crippen LogP contribution is 2.23. The summed E-state index contributed by atoms with van der Waals surface area (Å²) < 4.78 is 2.61. The van der Waals surface area contributed by atoms with Crippen molar-refractivity contribution in [1.82, 2.24) is 14.8 Å². The van der Waals surface area contributed by atoms with Crippen molar-refractivity contribution in [3.63, 3.8) is 0 Å². The molecule has 0 bridgehead atoms. The first-order valence-electron chi connectivity index (χ1n) is 5.37. The Labute approximate surface area is 108 Å². The van der Waals surface area contributed by atoms with Crippen molar-refractivity contribution in [3.8, 4) is 0 Å². The van der Waals surface area contributed by atoms with E-state index in [4.69, 9.17) is 5.73 Å². The quantitative estimate of drug-likeness (QED) is 0.908. The van der Waals surface area contributed by atoms with E-state index >= 15 is 0 Å². The Morgan fingerprint density at radius 3 is 2.88 bits per heavy atom. The number of fused-ring (bicyclic) bond motifs is 1. The Balaban J connectivity index is 2.36. The lowest BCUT2D eigenvalue weighted by Crippen LogP contribution is -2.21. The van der Waals surface area contributed by atoms with E-state index in [1.54, 1.807) is 24.7 Å². The van der Waals surface area contributed by atoms with Crippen molar-refractivity contribution in [2.75, 3.05) is 5.73 Å². The molecule has 0 amide bonds.